The number of aliphatic hydroxyl groups excluding tert-OH is 1. The molecule has 0 amide bonds. The molecule has 0 radical (unpaired) electrons. The fourth-order valence-corrected chi connectivity index (χ4v) is 2.07. The zero-order chi connectivity index (χ0) is 12.6. The minimum atomic E-state index is -0.401. The lowest BCUT2D eigenvalue weighted by Crippen LogP contribution is -2.38. The van der Waals surface area contributed by atoms with Crippen LogP contribution in [0.5, 0.6) is 0 Å². The molecule has 0 saturated carbocycles. The summed E-state index contributed by atoms with van der Waals surface area (Å²) in [5.74, 6) is 0.189. The highest BCUT2D eigenvalue weighted by molar-refractivity contribution is 4.89. The van der Waals surface area contributed by atoms with E-state index in [9.17, 15) is 9.59 Å². The van der Waals surface area contributed by atoms with Crippen LogP contribution >= 0.6 is 0 Å². The third-order valence-corrected chi connectivity index (χ3v) is 3.25. The van der Waals surface area contributed by atoms with Crippen molar-refractivity contribution in [3.8, 4) is 0 Å². The van der Waals surface area contributed by atoms with Crippen molar-refractivity contribution in [2.45, 2.75) is 25.7 Å². The fourth-order valence-electron chi connectivity index (χ4n) is 2.07. The molecule has 0 aliphatic carbocycles. The van der Waals surface area contributed by atoms with E-state index in [0.717, 1.165) is 4.57 Å². The summed E-state index contributed by atoms with van der Waals surface area (Å²) in [7, 11) is 1.43. The van der Waals surface area contributed by atoms with E-state index in [1.54, 1.807) is 0 Å². The predicted octanol–water partition coefficient (Wildman–Crippen LogP) is -0.537. The van der Waals surface area contributed by atoms with E-state index in [2.05, 4.69) is 0 Å². The molecule has 2 rings (SSSR count). The van der Waals surface area contributed by atoms with Gasteiger partial charge in [-0.1, -0.05) is 6.92 Å². The van der Waals surface area contributed by atoms with Crippen molar-refractivity contribution in [3.05, 3.63) is 33.1 Å². The average Bonchev–Trinajstić information content (AvgIpc) is 2.67. The maximum absolute atomic E-state index is 11.9. The zero-order valence-electron chi connectivity index (χ0n) is 9.87. The molecule has 1 N–H and O–H groups in total. The van der Waals surface area contributed by atoms with E-state index >= 15 is 0 Å². The van der Waals surface area contributed by atoms with Crippen molar-refractivity contribution in [2.75, 3.05) is 6.61 Å². The maximum Gasteiger partial charge on any atom is 0.332 e. The third kappa shape index (κ3) is 2.05. The lowest BCUT2D eigenvalue weighted by atomic mass is 10.0. The number of ether oxygens (including phenoxy) is 1. The molecular weight excluding hydrogens is 224 g/mol. The number of nitrogens with zero attached hydrogens (tertiary/aromatic N) is 2. The van der Waals surface area contributed by atoms with Crippen molar-refractivity contribution in [2.24, 2.45) is 13.0 Å². The molecule has 2 unspecified atom stereocenters. The van der Waals surface area contributed by atoms with Crippen molar-refractivity contribution >= 4 is 0 Å². The molecule has 1 aromatic heterocycles. The Balaban J connectivity index is 2.34. The Morgan fingerprint density at radius 3 is 2.82 bits per heavy atom. The number of rotatable bonds is 2. The van der Waals surface area contributed by atoms with Crippen LogP contribution < -0.4 is 11.2 Å². The highest BCUT2D eigenvalue weighted by Gasteiger charge is 2.33. The Labute approximate surface area is 98.1 Å². The van der Waals surface area contributed by atoms with Gasteiger partial charge >= 0.3 is 5.69 Å². The molecule has 2 heterocycles. The van der Waals surface area contributed by atoms with Crippen molar-refractivity contribution in [1.82, 2.24) is 9.13 Å². The molecule has 1 fully saturated rings. The number of hydrogen-bond acceptors (Lipinski definition) is 4. The molecular formula is C11H16N2O4. The molecule has 0 bridgehead atoms. The highest BCUT2D eigenvalue weighted by atomic mass is 16.5. The van der Waals surface area contributed by atoms with Crippen LogP contribution in [0.3, 0.4) is 0 Å². The van der Waals surface area contributed by atoms with Crippen LogP contribution in [0, 0.1) is 5.92 Å². The van der Waals surface area contributed by atoms with Gasteiger partial charge in [0.05, 0.1) is 12.7 Å². The van der Waals surface area contributed by atoms with Gasteiger partial charge in [0.2, 0.25) is 0 Å². The van der Waals surface area contributed by atoms with Gasteiger partial charge in [0.1, 0.15) is 6.23 Å². The smallest absolute Gasteiger partial charge is 0.332 e. The summed E-state index contributed by atoms with van der Waals surface area (Å²) >= 11 is 0. The standard InChI is InChI=1S/C11H16N2O4/c1-7-5-10(17-8(7)6-14)13-4-3-9(15)12(2)11(13)16/h3-4,7-8,10,14H,5-6H2,1-2H3/t7-,8?,10?/m1/s1. The first-order valence-corrected chi connectivity index (χ1v) is 5.59. The van der Waals surface area contributed by atoms with Crippen LogP contribution in [-0.2, 0) is 11.8 Å². The van der Waals surface area contributed by atoms with E-state index in [1.165, 1.54) is 23.9 Å². The lowest BCUT2D eigenvalue weighted by Gasteiger charge is -2.15. The molecule has 1 aliphatic rings. The predicted molar refractivity (Wildman–Crippen MR) is 60.7 cm³/mol. The topological polar surface area (TPSA) is 73.5 Å². The van der Waals surface area contributed by atoms with Gasteiger partial charge < -0.3 is 9.84 Å². The first kappa shape index (κ1) is 12.1. The summed E-state index contributed by atoms with van der Waals surface area (Å²) in [6.45, 7) is 1.91. The Bertz CT molecular complexity index is 519. The van der Waals surface area contributed by atoms with Gasteiger partial charge in [-0.25, -0.2) is 4.79 Å². The van der Waals surface area contributed by atoms with E-state index in [-0.39, 0.29) is 24.2 Å². The van der Waals surface area contributed by atoms with E-state index in [0.29, 0.717) is 6.42 Å². The number of aromatic nitrogens is 2. The SMILES string of the molecule is C[C@@H]1CC(n2ccc(=O)n(C)c2=O)OC1CO. The highest BCUT2D eigenvalue weighted by Crippen LogP contribution is 2.31. The first-order chi connectivity index (χ1) is 8.04. The molecule has 6 heteroatoms. The van der Waals surface area contributed by atoms with Gasteiger partial charge in [0, 0.05) is 19.3 Å². The molecule has 0 aromatic carbocycles. The minimum absolute atomic E-state index is 0.0574. The third-order valence-electron chi connectivity index (χ3n) is 3.25. The molecule has 17 heavy (non-hydrogen) atoms. The maximum atomic E-state index is 11.9. The Morgan fingerprint density at radius 1 is 1.53 bits per heavy atom. The summed E-state index contributed by atoms with van der Waals surface area (Å²) in [5.41, 5.74) is -0.732. The van der Waals surface area contributed by atoms with Crippen LogP contribution in [0.15, 0.2) is 21.9 Å². The summed E-state index contributed by atoms with van der Waals surface area (Å²) in [6, 6.07) is 1.34. The van der Waals surface area contributed by atoms with Crippen LogP contribution in [0.1, 0.15) is 19.6 Å². The second-order valence-corrected chi connectivity index (χ2v) is 4.43. The summed E-state index contributed by atoms with van der Waals surface area (Å²) in [4.78, 5) is 23.1. The quantitative estimate of drug-likeness (QED) is 0.753. The van der Waals surface area contributed by atoms with Crippen molar-refractivity contribution in [1.29, 1.82) is 0 Å². The van der Waals surface area contributed by atoms with E-state index in [1.807, 2.05) is 6.92 Å². The Kier molecular flexibility index (Phi) is 3.17. The van der Waals surface area contributed by atoms with Crippen LogP contribution in [-0.4, -0.2) is 27.0 Å². The largest absolute Gasteiger partial charge is 0.394 e. The van der Waals surface area contributed by atoms with Gasteiger partial charge in [0.15, 0.2) is 0 Å². The Hall–Kier alpha value is -1.40. The molecule has 3 atom stereocenters. The van der Waals surface area contributed by atoms with Gasteiger partial charge in [0.25, 0.3) is 5.56 Å². The lowest BCUT2D eigenvalue weighted by molar-refractivity contribution is -0.0317. The van der Waals surface area contributed by atoms with Gasteiger partial charge in [-0.2, -0.15) is 0 Å². The zero-order valence-corrected chi connectivity index (χ0v) is 9.87. The molecule has 6 nitrogen and oxygen atoms in total. The van der Waals surface area contributed by atoms with Gasteiger partial charge in [-0.3, -0.25) is 13.9 Å². The number of hydrogen-bond donors (Lipinski definition) is 1. The van der Waals surface area contributed by atoms with Gasteiger partial charge in [-0.05, 0) is 12.3 Å². The van der Waals surface area contributed by atoms with Gasteiger partial charge in [-0.15, -0.1) is 0 Å². The van der Waals surface area contributed by atoms with E-state index in [4.69, 9.17) is 9.84 Å². The summed E-state index contributed by atoms with van der Waals surface area (Å²) in [6.07, 6.45) is 1.45. The van der Waals surface area contributed by atoms with Crippen LogP contribution in [0.4, 0.5) is 0 Å². The summed E-state index contributed by atoms with van der Waals surface area (Å²) < 4.78 is 8.02. The first-order valence-electron chi connectivity index (χ1n) is 5.59. The second kappa shape index (κ2) is 4.46. The van der Waals surface area contributed by atoms with Crippen LogP contribution in [0.25, 0.3) is 0 Å². The average molecular weight is 240 g/mol. The molecule has 1 aliphatic heterocycles. The number of aliphatic hydroxyl groups is 1. The summed E-state index contributed by atoms with van der Waals surface area (Å²) in [5, 5.41) is 9.10. The van der Waals surface area contributed by atoms with E-state index < -0.39 is 11.9 Å². The van der Waals surface area contributed by atoms with Crippen molar-refractivity contribution < 1.29 is 9.84 Å². The van der Waals surface area contributed by atoms with Crippen molar-refractivity contribution in [3.63, 3.8) is 0 Å². The fraction of sp³-hybridized carbons (Fsp3) is 0.636. The van der Waals surface area contributed by atoms with Crippen LogP contribution in [0.2, 0.25) is 0 Å². The molecule has 1 saturated heterocycles. The molecule has 1 aromatic rings. The minimum Gasteiger partial charge on any atom is -0.394 e. The normalized spacial score (nSPS) is 28.5. The monoisotopic (exact) mass is 240 g/mol. The molecule has 0 spiro atoms. The Morgan fingerprint density at radius 2 is 2.24 bits per heavy atom. The molecule has 94 valence electrons. The second-order valence-electron chi connectivity index (χ2n) is 4.43.